The molecule has 2 N–H and O–H groups in total. The van der Waals surface area contributed by atoms with Gasteiger partial charge in [0.25, 0.3) is 0 Å². The van der Waals surface area contributed by atoms with Gasteiger partial charge in [0.1, 0.15) is 0 Å². The highest BCUT2D eigenvalue weighted by molar-refractivity contribution is 7.10. The summed E-state index contributed by atoms with van der Waals surface area (Å²) < 4.78 is 0. The van der Waals surface area contributed by atoms with E-state index in [1.165, 1.54) is 4.88 Å². The first-order valence-electron chi connectivity index (χ1n) is 5.30. The second-order valence-corrected chi connectivity index (χ2v) is 4.88. The van der Waals surface area contributed by atoms with Crippen LogP contribution in [0.1, 0.15) is 17.8 Å². The molecule has 16 heavy (non-hydrogen) atoms. The molecule has 2 nitrogen and oxygen atoms in total. The fourth-order valence-corrected chi connectivity index (χ4v) is 2.51. The van der Waals surface area contributed by atoms with Crippen molar-refractivity contribution in [2.45, 2.75) is 13.0 Å². The van der Waals surface area contributed by atoms with Gasteiger partial charge in [-0.15, -0.1) is 11.3 Å². The number of nitrogen functional groups attached to an aromatic ring is 1. The molecular weight excluding hydrogens is 216 g/mol. The SMILES string of the molecule is CC(c1cccs1)N(C)c1cccc(N)c1. The Morgan fingerprint density at radius 1 is 1.25 bits per heavy atom. The van der Waals surface area contributed by atoms with Gasteiger partial charge >= 0.3 is 0 Å². The second-order valence-electron chi connectivity index (χ2n) is 3.90. The number of nitrogens with zero attached hydrogens (tertiary/aromatic N) is 1. The van der Waals surface area contributed by atoms with Gasteiger partial charge in [-0.3, -0.25) is 0 Å². The minimum Gasteiger partial charge on any atom is -0.399 e. The number of anilines is 2. The van der Waals surface area contributed by atoms with Crippen LogP contribution in [-0.4, -0.2) is 7.05 Å². The fourth-order valence-electron chi connectivity index (χ4n) is 1.69. The van der Waals surface area contributed by atoms with Crippen LogP contribution in [0, 0.1) is 0 Å². The summed E-state index contributed by atoms with van der Waals surface area (Å²) in [6.45, 7) is 2.20. The van der Waals surface area contributed by atoms with Crippen molar-refractivity contribution in [2.24, 2.45) is 0 Å². The maximum atomic E-state index is 5.79. The molecule has 0 saturated heterocycles. The Bertz CT molecular complexity index is 451. The third-order valence-corrected chi connectivity index (χ3v) is 3.86. The van der Waals surface area contributed by atoms with Crippen molar-refractivity contribution < 1.29 is 0 Å². The van der Waals surface area contributed by atoms with Crippen molar-refractivity contribution in [3.8, 4) is 0 Å². The number of rotatable bonds is 3. The average molecular weight is 232 g/mol. The van der Waals surface area contributed by atoms with Crippen LogP contribution >= 0.6 is 11.3 Å². The lowest BCUT2D eigenvalue weighted by Crippen LogP contribution is -2.20. The molecule has 0 bridgehead atoms. The lowest BCUT2D eigenvalue weighted by Gasteiger charge is -2.26. The zero-order valence-corrected chi connectivity index (χ0v) is 10.4. The molecule has 0 aliphatic carbocycles. The summed E-state index contributed by atoms with van der Waals surface area (Å²) in [7, 11) is 2.10. The predicted molar refractivity (Wildman–Crippen MR) is 72.0 cm³/mol. The molecule has 0 spiro atoms. The normalized spacial score (nSPS) is 12.4. The molecule has 3 heteroatoms. The molecule has 1 aromatic carbocycles. The van der Waals surface area contributed by atoms with Crippen molar-refractivity contribution in [1.29, 1.82) is 0 Å². The summed E-state index contributed by atoms with van der Waals surface area (Å²) in [5.74, 6) is 0. The van der Waals surface area contributed by atoms with Crippen molar-refractivity contribution in [2.75, 3.05) is 17.7 Å². The number of hydrogen-bond acceptors (Lipinski definition) is 3. The van der Waals surface area contributed by atoms with E-state index in [9.17, 15) is 0 Å². The Balaban J connectivity index is 2.22. The van der Waals surface area contributed by atoms with Crippen LogP contribution in [0.3, 0.4) is 0 Å². The predicted octanol–water partition coefficient (Wildman–Crippen LogP) is 3.53. The van der Waals surface area contributed by atoms with Gasteiger partial charge in [0.2, 0.25) is 0 Å². The number of thiophene rings is 1. The standard InChI is InChI=1S/C13H16N2S/c1-10(13-7-4-8-16-13)15(2)12-6-3-5-11(14)9-12/h3-10H,14H2,1-2H3. The van der Waals surface area contributed by atoms with Crippen LogP contribution < -0.4 is 10.6 Å². The van der Waals surface area contributed by atoms with E-state index < -0.39 is 0 Å². The molecule has 0 radical (unpaired) electrons. The van der Waals surface area contributed by atoms with Crippen molar-refractivity contribution in [3.63, 3.8) is 0 Å². The van der Waals surface area contributed by atoms with Crippen molar-refractivity contribution in [1.82, 2.24) is 0 Å². The van der Waals surface area contributed by atoms with Crippen molar-refractivity contribution >= 4 is 22.7 Å². The highest BCUT2D eigenvalue weighted by Crippen LogP contribution is 2.28. The van der Waals surface area contributed by atoms with Crippen molar-refractivity contribution in [3.05, 3.63) is 46.7 Å². The van der Waals surface area contributed by atoms with E-state index in [-0.39, 0.29) is 0 Å². The zero-order chi connectivity index (χ0) is 11.5. The fraction of sp³-hybridized carbons (Fsp3) is 0.231. The number of hydrogen-bond donors (Lipinski definition) is 1. The third kappa shape index (κ3) is 2.19. The molecule has 0 fully saturated rings. The first-order valence-corrected chi connectivity index (χ1v) is 6.18. The summed E-state index contributed by atoms with van der Waals surface area (Å²) in [4.78, 5) is 3.60. The lowest BCUT2D eigenvalue weighted by molar-refractivity contribution is 0.754. The van der Waals surface area contributed by atoms with Gasteiger partial charge in [-0.2, -0.15) is 0 Å². The smallest absolute Gasteiger partial charge is 0.0603 e. The van der Waals surface area contributed by atoms with Gasteiger partial charge in [0, 0.05) is 23.3 Å². The Morgan fingerprint density at radius 2 is 2.06 bits per heavy atom. The molecule has 0 amide bonds. The van der Waals surface area contributed by atoms with E-state index in [2.05, 4.69) is 42.5 Å². The van der Waals surface area contributed by atoms with Crippen LogP contribution in [0.25, 0.3) is 0 Å². The quantitative estimate of drug-likeness (QED) is 0.820. The first-order chi connectivity index (χ1) is 7.68. The molecular formula is C13H16N2S. The monoisotopic (exact) mass is 232 g/mol. The Kier molecular flexibility index (Phi) is 3.15. The summed E-state index contributed by atoms with van der Waals surface area (Å²) in [5, 5.41) is 2.11. The zero-order valence-electron chi connectivity index (χ0n) is 9.55. The Labute approximate surface area is 100 Å². The van der Waals surface area contributed by atoms with Gasteiger partial charge in [-0.25, -0.2) is 0 Å². The van der Waals surface area contributed by atoms with E-state index in [1.54, 1.807) is 11.3 Å². The lowest BCUT2D eigenvalue weighted by atomic mass is 10.2. The number of benzene rings is 1. The van der Waals surface area contributed by atoms with E-state index >= 15 is 0 Å². The molecule has 1 atom stereocenters. The Morgan fingerprint density at radius 3 is 2.69 bits per heavy atom. The van der Waals surface area contributed by atoms with Gasteiger partial charge in [0.15, 0.2) is 0 Å². The maximum absolute atomic E-state index is 5.79. The molecule has 0 aliphatic rings. The second kappa shape index (κ2) is 4.58. The summed E-state index contributed by atoms with van der Waals surface area (Å²) in [6.07, 6.45) is 0. The molecule has 2 rings (SSSR count). The van der Waals surface area contributed by atoms with Gasteiger partial charge in [-0.1, -0.05) is 12.1 Å². The van der Waals surface area contributed by atoms with Gasteiger partial charge in [-0.05, 0) is 36.6 Å². The maximum Gasteiger partial charge on any atom is 0.0603 e. The summed E-state index contributed by atoms with van der Waals surface area (Å²) >= 11 is 1.79. The van der Waals surface area contributed by atoms with E-state index in [1.807, 2.05) is 18.2 Å². The van der Waals surface area contributed by atoms with Crippen LogP contribution in [0.2, 0.25) is 0 Å². The molecule has 1 unspecified atom stereocenters. The number of nitrogens with two attached hydrogens (primary N) is 1. The van der Waals surface area contributed by atoms with Crippen LogP contribution in [0.4, 0.5) is 11.4 Å². The first kappa shape index (κ1) is 11.0. The molecule has 0 aliphatic heterocycles. The van der Waals surface area contributed by atoms with E-state index in [4.69, 9.17) is 5.73 Å². The van der Waals surface area contributed by atoms with Gasteiger partial charge in [0.05, 0.1) is 6.04 Å². The third-order valence-electron chi connectivity index (χ3n) is 2.81. The largest absolute Gasteiger partial charge is 0.399 e. The summed E-state index contributed by atoms with van der Waals surface area (Å²) in [5.41, 5.74) is 7.75. The average Bonchev–Trinajstić information content (AvgIpc) is 2.80. The van der Waals surface area contributed by atoms with Crippen LogP contribution in [-0.2, 0) is 0 Å². The topological polar surface area (TPSA) is 29.3 Å². The Hall–Kier alpha value is -1.48. The van der Waals surface area contributed by atoms with Crippen LogP contribution in [0.5, 0.6) is 0 Å². The minimum absolute atomic E-state index is 0.377. The van der Waals surface area contributed by atoms with Crippen LogP contribution in [0.15, 0.2) is 41.8 Å². The highest BCUT2D eigenvalue weighted by atomic mass is 32.1. The minimum atomic E-state index is 0.377. The molecule has 1 heterocycles. The summed E-state index contributed by atoms with van der Waals surface area (Å²) in [6, 6.07) is 12.6. The van der Waals surface area contributed by atoms with Gasteiger partial charge < -0.3 is 10.6 Å². The molecule has 84 valence electrons. The molecule has 1 aromatic heterocycles. The molecule has 0 saturated carbocycles. The highest BCUT2D eigenvalue weighted by Gasteiger charge is 2.12. The van der Waals surface area contributed by atoms with E-state index in [0.717, 1.165) is 11.4 Å². The molecule has 2 aromatic rings. The van der Waals surface area contributed by atoms with E-state index in [0.29, 0.717) is 6.04 Å².